The summed E-state index contributed by atoms with van der Waals surface area (Å²) in [6, 6.07) is 0. The average molecular weight is 174 g/mol. The summed E-state index contributed by atoms with van der Waals surface area (Å²) >= 11 is 0. The second-order valence-electron chi connectivity index (χ2n) is 1.95. The van der Waals surface area contributed by atoms with Gasteiger partial charge in [0.15, 0.2) is 0 Å². The van der Waals surface area contributed by atoms with Crippen molar-refractivity contribution in [3.8, 4) is 0 Å². The van der Waals surface area contributed by atoms with Gasteiger partial charge in [-0.25, -0.2) is 0 Å². The largest absolute Gasteiger partial charge is 1.00 e. The molecule has 0 aromatic rings. The van der Waals surface area contributed by atoms with Crippen molar-refractivity contribution in [2.45, 2.75) is 32.9 Å². The quantitative estimate of drug-likeness (QED) is 0.510. The van der Waals surface area contributed by atoms with Crippen LogP contribution in [0.4, 0.5) is 0 Å². The molecule has 0 aliphatic rings. The Morgan fingerprint density at radius 1 is 1.70 bits per heavy atom. The molecule has 0 fully saturated rings. The van der Waals surface area contributed by atoms with Crippen molar-refractivity contribution >= 4 is 14.8 Å². The van der Waals surface area contributed by atoms with Gasteiger partial charge in [0.05, 0.1) is 0 Å². The SMILES string of the molecule is C[Si-](C)C.[2H]C([2H])C([2H])([2H])C(=O)O.[Na+]. The summed E-state index contributed by atoms with van der Waals surface area (Å²) in [5, 5.41) is 8.00. The van der Waals surface area contributed by atoms with E-state index in [2.05, 4.69) is 19.6 Å². The zero-order chi connectivity index (χ0) is 11.2. The fourth-order valence-electron chi connectivity index (χ4n) is 0. The van der Waals surface area contributed by atoms with E-state index in [9.17, 15) is 4.79 Å². The molecule has 0 aromatic heterocycles. The molecule has 0 spiro atoms. The summed E-state index contributed by atoms with van der Waals surface area (Å²) in [5.74, 6) is -1.77. The third kappa shape index (κ3) is 71.1. The molecule has 0 unspecified atom stereocenters. The van der Waals surface area contributed by atoms with Gasteiger partial charge in [0.2, 0.25) is 0 Å². The Bertz CT molecular complexity index is 163. The van der Waals surface area contributed by atoms with Gasteiger partial charge in [0.25, 0.3) is 0 Å². The molecule has 0 atom stereocenters. The molecule has 2 nitrogen and oxygen atoms in total. The van der Waals surface area contributed by atoms with Crippen LogP contribution in [0, 0.1) is 0 Å². The first-order chi connectivity index (χ1) is 5.62. The molecule has 0 aliphatic carbocycles. The van der Waals surface area contributed by atoms with Crippen LogP contribution in [-0.2, 0) is 4.79 Å². The number of hydrogen-bond acceptors (Lipinski definition) is 1. The van der Waals surface area contributed by atoms with Crippen molar-refractivity contribution in [3.63, 3.8) is 0 Å². The smallest absolute Gasteiger partial charge is 0.481 e. The van der Waals surface area contributed by atoms with Crippen LogP contribution in [0.25, 0.3) is 0 Å². The fourth-order valence-corrected chi connectivity index (χ4v) is 0. The number of hydrogen-bond donors (Lipinski definition) is 1. The number of carbonyl (C=O) groups is 1. The molecule has 0 saturated carbocycles. The van der Waals surface area contributed by atoms with Gasteiger partial charge >= 0.3 is 35.5 Å². The molecule has 0 aliphatic heterocycles. The van der Waals surface area contributed by atoms with Gasteiger partial charge in [0, 0.05) is 11.9 Å². The molecule has 56 valence electrons. The number of carboxylic acids is 1. The summed E-state index contributed by atoms with van der Waals surface area (Å²) in [7, 11) is 0.120. The third-order valence-corrected chi connectivity index (χ3v) is 0.123. The molecule has 1 N–H and O–H groups in total. The Balaban J connectivity index is -0.000000209. The standard InChI is InChI=1S/C3H6O2.C3H9Si.Na/c1-2-3(4)5;1-4(2)3;/h2H2,1H3,(H,4,5);1-3H3;/q;-1;+1/i1D2,2D2;;. The Labute approximate surface area is 92.5 Å². The van der Waals surface area contributed by atoms with Gasteiger partial charge < -0.3 is 5.11 Å². The van der Waals surface area contributed by atoms with Crippen molar-refractivity contribution in [1.82, 2.24) is 0 Å². The zero-order valence-corrected chi connectivity index (χ0v) is 9.93. The maximum atomic E-state index is 9.85. The number of carboxylic acid groups (broad SMARTS) is 1. The second kappa shape index (κ2) is 12.4. The predicted octanol–water partition coefficient (Wildman–Crippen LogP) is -1.14. The van der Waals surface area contributed by atoms with Gasteiger partial charge in [-0.2, -0.15) is 19.6 Å². The first-order valence-electron chi connectivity index (χ1n) is 4.62. The summed E-state index contributed by atoms with van der Waals surface area (Å²) in [5.41, 5.74) is 0. The molecule has 0 bridgehead atoms. The Morgan fingerprint density at radius 3 is 2.00 bits per heavy atom. The minimum Gasteiger partial charge on any atom is -0.481 e. The van der Waals surface area contributed by atoms with Crippen LogP contribution in [0.3, 0.4) is 0 Å². The fraction of sp³-hybridized carbons (Fsp3) is 0.833. The third-order valence-electron chi connectivity index (χ3n) is 0.123. The molecule has 0 saturated heterocycles. The van der Waals surface area contributed by atoms with Crippen molar-refractivity contribution in [1.29, 1.82) is 0 Å². The molecule has 0 radical (unpaired) electrons. The topological polar surface area (TPSA) is 37.3 Å². The molecule has 0 amide bonds. The Kier molecular flexibility index (Phi) is 9.08. The van der Waals surface area contributed by atoms with Crippen LogP contribution in [0.2, 0.25) is 19.6 Å². The molecule has 0 aromatic carbocycles. The molecule has 4 heteroatoms. The first-order valence-corrected chi connectivity index (χ1v) is 5.47. The molecular formula is C6H15NaO2Si. The number of aliphatic carboxylic acids is 1. The van der Waals surface area contributed by atoms with E-state index in [1.165, 1.54) is 0 Å². The summed E-state index contributed by atoms with van der Waals surface area (Å²) in [4.78, 5) is 9.85. The Morgan fingerprint density at radius 2 is 2.00 bits per heavy atom. The minimum atomic E-state index is -2.75. The average Bonchev–Trinajstić information content (AvgIpc) is 1.85. The zero-order valence-electron chi connectivity index (χ0n) is 10.9. The van der Waals surface area contributed by atoms with Gasteiger partial charge in [-0.3, -0.25) is 13.6 Å². The van der Waals surface area contributed by atoms with E-state index in [4.69, 9.17) is 10.6 Å². The summed E-state index contributed by atoms with van der Waals surface area (Å²) in [6.45, 7) is 4.83. The van der Waals surface area contributed by atoms with Crippen LogP contribution in [0.1, 0.15) is 18.7 Å². The van der Waals surface area contributed by atoms with Gasteiger partial charge in [-0.15, -0.1) is 0 Å². The van der Waals surface area contributed by atoms with Crippen LogP contribution < -0.4 is 29.6 Å². The van der Waals surface area contributed by atoms with Crippen molar-refractivity contribution in [2.24, 2.45) is 0 Å². The van der Waals surface area contributed by atoms with Gasteiger partial charge in [0.1, 0.15) is 0 Å². The molecule has 0 rings (SSSR count). The summed E-state index contributed by atoms with van der Waals surface area (Å²) in [6.07, 6.45) is -2.75. The molecular weight excluding hydrogens is 155 g/mol. The van der Waals surface area contributed by atoms with Crippen LogP contribution in [0.5, 0.6) is 0 Å². The normalized spacial score (nSPS) is 14.9. The van der Waals surface area contributed by atoms with Crippen LogP contribution >= 0.6 is 0 Å². The van der Waals surface area contributed by atoms with Crippen molar-refractivity contribution < 1.29 is 44.9 Å². The maximum Gasteiger partial charge on any atom is 1.00 e. The van der Waals surface area contributed by atoms with Gasteiger partial charge in [-0.05, 0) is 0 Å². The van der Waals surface area contributed by atoms with E-state index in [0.717, 1.165) is 0 Å². The molecule has 0 heterocycles. The van der Waals surface area contributed by atoms with Crippen molar-refractivity contribution in [3.05, 3.63) is 0 Å². The van der Waals surface area contributed by atoms with E-state index in [-0.39, 0.29) is 38.4 Å². The first kappa shape index (κ1) is 7.34. The monoisotopic (exact) mass is 174 g/mol. The molecule has 10 heavy (non-hydrogen) atoms. The van der Waals surface area contributed by atoms with E-state index in [1.807, 2.05) is 0 Å². The van der Waals surface area contributed by atoms with E-state index in [1.54, 1.807) is 0 Å². The predicted molar refractivity (Wildman–Crippen MR) is 41.3 cm³/mol. The van der Waals surface area contributed by atoms with Crippen LogP contribution in [-0.4, -0.2) is 19.9 Å². The van der Waals surface area contributed by atoms with Gasteiger partial charge in [-0.1, -0.05) is 6.88 Å². The van der Waals surface area contributed by atoms with Crippen molar-refractivity contribution in [2.75, 3.05) is 0 Å². The van der Waals surface area contributed by atoms with Crippen LogP contribution in [0.15, 0.2) is 0 Å². The Hall–Kier alpha value is 0.687. The summed E-state index contributed by atoms with van der Waals surface area (Å²) < 4.78 is 25.9. The maximum absolute atomic E-state index is 9.85. The van der Waals surface area contributed by atoms with E-state index < -0.39 is 19.2 Å². The van der Waals surface area contributed by atoms with E-state index >= 15 is 0 Å². The minimum absolute atomic E-state index is 0. The van der Waals surface area contributed by atoms with E-state index in [0.29, 0.717) is 0 Å². The second-order valence-corrected chi connectivity index (χ2v) is 4.95. The number of rotatable bonds is 1.